The Balaban J connectivity index is 1.18. The van der Waals surface area contributed by atoms with Crippen LogP contribution in [0.4, 0.5) is 4.79 Å². The third-order valence-electron chi connectivity index (χ3n) is 7.81. The van der Waals surface area contributed by atoms with Gasteiger partial charge < -0.3 is 14.8 Å². The summed E-state index contributed by atoms with van der Waals surface area (Å²) in [4.78, 5) is 12.5. The smallest absolute Gasteiger partial charge is 0.407 e. The highest BCUT2D eigenvalue weighted by molar-refractivity contribution is 5.69. The molecule has 3 aliphatic carbocycles. The van der Waals surface area contributed by atoms with Gasteiger partial charge in [-0.25, -0.2) is 4.79 Å². The Bertz CT molecular complexity index is 816. The Kier molecular flexibility index (Phi) is 4.13. The summed E-state index contributed by atoms with van der Waals surface area (Å²) in [6, 6.07) is 8.17. The van der Waals surface area contributed by atoms with Gasteiger partial charge in [0.2, 0.25) is 0 Å². The van der Waals surface area contributed by atoms with Crippen LogP contribution >= 0.6 is 0 Å². The molecule has 1 aromatic rings. The largest absolute Gasteiger partial charge is 0.449 e. The van der Waals surface area contributed by atoms with Crippen molar-refractivity contribution in [1.29, 1.82) is 0 Å². The molecule has 2 bridgehead atoms. The molecular weight excluding hydrogens is 350 g/mol. The average molecular weight is 382 g/mol. The maximum Gasteiger partial charge on any atom is 0.407 e. The highest BCUT2D eigenvalue weighted by Gasteiger charge is 2.66. The second kappa shape index (κ2) is 6.35. The van der Waals surface area contributed by atoms with Crippen molar-refractivity contribution in [3.63, 3.8) is 0 Å². The van der Waals surface area contributed by atoms with Crippen LogP contribution in [0.15, 0.2) is 30.8 Å². The van der Waals surface area contributed by atoms with Gasteiger partial charge in [-0.05, 0) is 86.8 Å². The molecule has 7 unspecified atom stereocenters. The minimum absolute atomic E-state index is 0.322. The van der Waals surface area contributed by atoms with Crippen molar-refractivity contribution in [2.24, 2.45) is 29.6 Å². The van der Waals surface area contributed by atoms with Gasteiger partial charge in [0.25, 0.3) is 0 Å². The molecule has 4 heteroatoms. The Hall–Kier alpha value is -1.81. The summed E-state index contributed by atoms with van der Waals surface area (Å²) in [5.74, 6) is 3.67. The van der Waals surface area contributed by atoms with E-state index in [0.717, 1.165) is 34.5 Å². The second-order valence-electron chi connectivity index (χ2n) is 9.98. The molecule has 1 saturated heterocycles. The maximum atomic E-state index is 12.5. The number of amides is 1. The Morgan fingerprint density at radius 2 is 2.11 bits per heavy atom. The first kappa shape index (κ1) is 18.2. The van der Waals surface area contributed by atoms with Crippen LogP contribution in [0.5, 0.6) is 0 Å². The molecule has 28 heavy (non-hydrogen) atoms. The zero-order valence-corrected chi connectivity index (χ0v) is 17.1. The third-order valence-corrected chi connectivity index (χ3v) is 7.81. The number of rotatable bonds is 5. The van der Waals surface area contributed by atoms with Crippen LogP contribution in [0.2, 0.25) is 0 Å². The lowest BCUT2D eigenvalue weighted by molar-refractivity contribution is 0.0614. The number of alkyl carbamates (subject to hydrolysis) is 1. The summed E-state index contributed by atoms with van der Waals surface area (Å²) >= 11 is 0. The van der Waals surface area contributed by atoms with Crippen LogP contribution < -0.4 is 5.32 Å². The molecule has 4 nitrogen and oxygen atoms in total. The Labute approximate surface area is 167 Å². The van der Waals surface area contributed by atoms with Crippen molar-refractivity contribution < 1.29 is 14.3 Å². The Morgan fingerprint density at radius 3 is 2.89 bits per heavy atom. The van der Waals surface area contributed by atoms with E-state index in [1.54, 1.807) is 0 Å². The lowest BCUT2D eigenvalue weighted by Crippen LogP contribution is -2.42. The fourth-order valence-electron chi connectivity index (χ4n) is 6.36. The number of carbonyl (C=O) groups is 1. The summed E-state index contributed by atoms with van der Waals surface area (Å²) < 4.78 is 11.5. The van der Waals surface area contributed by atoms with E-state index in [4.69, 9.17) is 9.47 Å². The summed E-state index contributed by atoms with van der Waals surface area (Å²) in [5.41, 5.74) is 2.66. The van der Waals surface area contributed by atoms with Crippen LogP contribution in [0.3, 0.4) is 0 Å². The summed E-state index contributed by atoms with van der Waals surface area (Å²) in [7, 11) is 0. The molecule has 0 radical (unpaired) electrons. The maximum absolute atomic E-state index is 12.5. The SMILES string of the molecule is C=C(C)c1cccc(C(C)(C)NC(=O)OCC2CC3CC2C2C3CC3OC32)c1. The minimum Gasteiger partial charge on any atom is -0.449 e. The highest BCUT2D eigenvalue weighted by atomic mass is 16.6. The van der Waals surface area contributed by atoms with E-state index in [0.29, 0.717) is 30.7 Å². The number of benzene rings is 1. The van der Waals surface area contributed by atoms with Gasteiger partial charge in [-0.2, -0.15) is 0 Å². The first-order valence-electron chi connectivity index (χ1n) is 10.7. The number of allylic oxidation sites excluding steroid dienone is 1. The molecule has 7 atom stereocenters. The molecular formula is C24H31NO3. The molecule has 3 saturated carbocycles. The van der Waals surface area contributed by atoms with Crippen LogP contribution in [0, 0.1) is 29.6 Å². The highest BCUT2D eigenvalue weighted by Crippen LogP contribution is 2.65. The second-order valence-corrected chi connectivity index (χ2v) is 9.98. The van der Waals surface area contributed by atoms with E-state index in [1.165, 1.54) is 19.3 Å². The number of epoxide rings is 1. The first-order chi connectivity index (χ1) is 13.3. The van der Waals surface area contributed by atoms with Crippen molar-refractivity contribution in [1.82, 2.24) is 5.32 Å². The van der Waals surface area contributed by atoms with E-state index in [2.05, 4.69) is 18.0 Å². The molecule has 150 valence electrons. The van der Waals surface area contributed by atoms with Gasteiger partial charge in [-0.15, -0.1) is 0 Å². The number of fused-ring (bicyclic) bond motifs is 7. The standard InChI is InChI=1S/C24H31NO3/c1-13(2)14-6-5-7-17(9-14)24(3,4)25-23(26)27-12-16-8-15-10-18(16)21-19(15)11-20-22(21)28-20/h5-7,9,15-16,18-22H,1,8,10-12H2,2-4H3,(H,25,26). The fraction of sp³-hybridized carbons (Fsp3) is 0.625. The number of hydrogen-bond acceptors (Lipinski definition) is 3. The lowest BCUT2D eigenvalue weighted by atomic mass is 9.75. The molecule has 1 amide bonds. The molecule has 0 spiro atoms. The van der Waals surface area contributed by atoms with Gasteiger partial charge in [0.05, 0.1) is 24.4 Å². The van der Waals surface area contributed by atoms with Crippen molar-refractivity contribution in [3.8, 4) is 0 Å². The summed E-state index contributed by atoms with van der Waals surface area (Å²) in [5, 5.41) is 3.05. The quantitative estimate of drug-likeness (QED) is 0.750. The predicted molar refractivity (Wildman–Crippen MR) is 109 cm³/mol. The third kappa shape index (κ3) is 2.97. The fourth-order valence-corrected chi connectivity index (χ4v) is 6.36. The predicted octanol–water partition coefficient (Wildman–Crippen LogP) is 4.74. The van der Waals surface area contributed by atoms with Gasteiger partial charge >= 0.3 is 6.09 Å². The van der Waals surface area contributed by atoms with Crippen molar-refractivity contribution in [2.75, 3.05) is 6.61 Å². The van der Waals surface area contributed by atoms with Crippen LogP contribution in [-0.4, -0.2) is 24.9 Å². The van der Waals surface area contributed by atoms with Crippen LogP contribution in [0.25, 0.3) is 5.57 Å². The van der Waals surface area contributed by atoms with E-state index < -0.39 is 5.54 Å². The number of ether oxygens (including phenoxy) is 2. The molecule has 5 rings (SSSR count). The zero-order chi connectivity index (χ0) is 19.6. The lowest BCUT2D eigenvalue weighted by Gasteiger charge is -2.33. The topological polar surface area (TPSA) is 50.9 Å². The van der Waals surface area contributed by atoms with Gasteiger partial charge in [-0.1, -0.05) is 30.4 Å². The van der Waals surface area contributed by atoms with Gasteiger partial charge in [0.15, 0.2) is 0 Å². The molecule has 4 aliphatic rings. The number of hydrogen-bond donors (Lipinski definition) is 1. The van der Waals surface area contributed by atoms with Crippen LogP contribution in [0.1, 0.15) is 51.2 Å². The van der Waals surface area contributed by atoms with Crippen LogP contribution in [-0.2, 0) is 15.0 Å². The summed E-state index contributed by atoms with van der Waals surface area (Å²) in [6.07, 6.45) is 4.58. The molecule has 1 N–H and O–H groups in total. The van der Waals surface area contributed by atoms with E-state index in [9.17, 15) is 4.79 Å². The molecule has 1 heterocycles. The summed E-state index contributed by atoms with van der Waals surface area (Å²) in [6.45, 7) is 10.6. The molecule has 4 fully saturated rings. The average Bonchev–Trinajstić information content (AvgIpc) is 3.01. The molecule has 1 aromatic carbocycles. The monoisotopic (exact) mass is 381 g/mol. The van der Waals surface area contributed by atoms with Gasteiger partial charge in [0, 0.05) is 0 Å². The van der Waals surface area contributed by atoms with Gasteiger partial charge in [0.1, 0.15) is 0 Å². The minimum atomic E-state index is -0.497. The molecule has 1 aliphatic heterocycles. The van der Waals surface area contributed by atoms with Crippen molar-refractivity contribution in [2.45, 2.75) is 57.8 Å². The number of nitrogens with one attached hydrogen (secondary N) is 1. The van der Waals surface area contributed by atoms with E-state index in [1.807, 2.05) is 39.0 Å². The van der Waals surface area contributed by atoms with Crippen molar-refractivity contribution >= 4 is 11.7 Å². The van der Waals surface area contributed by atoms with E-state index in [-0.39, 0.29) is 6.09 Å². The van der Waals surface area contributed by atoms with Crippen molar-refractivity contribution in [3.05, 3.63) is 42.0 Å². The Morgan fingerprint density at radius 1 is 1.29 bits per heavy atom. The zero-order valence-electron chi connectivity index (χ0n) is 17.1. The van der Waals surface area contributed by atoms with Gasteiger partial charge in [-0.3, -0.25) is 0 Å². The number of carbonyl (C=O) groups excluding carboxylic acids is 1. The van der Waals surface area contributed by atoms with E-state index >= 15 is 0 Å². The normalized spacial score (nSPS) is 37.3. The first-order valence-corrected chi connectivity index (χ1v) is 10.7. The molecule has 0 aromatic heterocycles.